The first kappa shape index (κ1) is 16.8. The van der Waals surface area contributed by atoms with Gasteiger partial charge >= 0.3 is 0 Å². The van der Waals surface area contributed by atoms with Crippen molar-refractivity contribution in [2.45, 2.75) is 37.5 Å². The van der Waals surface area contributed by atoms with E-state index in [1.807, 2.05) is 24.3 Å². The van der Waals surface area contributed by atoms with Gasteiger partial charge in [-0.25, -0.2) is 0 Å². The molecule has 4 heteroatoms. The Balaban J connectivity index is 1.55. The Labute approximate surface area is 147 Å². The van der Waals surface area contributed by atoms with Crippen molar-refractivity contribution in [3.05, 3.63) is 64.7 Å². The lowest BCUT2D eigenvalue weighted by atomic mass is 9.64. The number of hydrogen-bond acceptors (Lipinski definition) is 2. The number of halogens is 1. The molecule has 2 aromatic rings. The molecule has 3 nitrogen and oxygen atoms in total. The largest absolute Gasteiger partial charge is 0.508 e. The van der Waals surface area contributed by atoms with Gasteiger partial charge in [0.2, 0.25) is 5.91 Å². The lowest BCUT2D eigenvalue weighted by molar-refractivity contribution is -0.121. The van der Waals surface area contributed by atoms with E-state index >= 15 is 0 Å². The highest BCUT2D eigenvalue weighted by atomic mass is 35.5. The van der Waals surface area contributed by atoms with Gasteiger partial charge in [-0.2, -0.15) is 0 Å². The SMILES string of the molecule is O=C(CCc1ccccc1O)NCC1(c2ccc(Cl)cc2)CCC1. The van der Waals surface area contributed by atoms with Crippen molar-refractivity contribution < 1.29 is 9.90 Å². The number of carbonyl (C=O) groups is 1. The first-order valence-electron chi connectivity index (χ1n) is 8.39. The van der Waals surface area contributed by atoms with Crippen LogP contribution >= 0.6 is 11.6 Å². The van der Waals surface area contributed by atoms with Crippen LogP contribution in [0, 0.1) is 0 Å². The molecule has 1 amide bonds. The summed E-state index contributed by atoms with van der Waals surface area (Å²) >= 11 is 5.97. The third-order valence-corrected chi connectivity index (χ3v) is 5.26. The first-order valence-corrected chi connectivity index (χ1v) is 8.76. The van der Waals surface area contributed by atoms with E-state index in [9.17, 15) is 9.90 Å². The number of para-hydroxylation sites is 1. The molecule has 0 radical (unpaired) electrons. The smallest absolute Gasteiger partial charge is 0.220 e. The van der Waals surface area contributed by atoms with Crippen LogP contribution in [0.2, 0.25) is 5.02 Å². The van der Waals surface area contributed by atoms with E-state index < -0.39 is 0 Å². The second kappa shape index (κ2) is 7.27. The van der Waals surface area contributed by atoms with Crippen LogP contribution in [-0.2, 0) is 16.6 Å². The van der Waals surface area contributed by atoms with Crippen molar-refractivity contribution in [3.63, 3.8) is 0 Å². The fraction of sp³-hybridized carbons (Fsp3) is 0.350. The maximum atomic E-state index is 12.2. The van der Waals surface area contributed by atoms with Gasteiger partial charge in [0.15, 0.2) is 0 Å². The van der Waals surface area contributed by atoms with E-state index in [4.69, 9.17) is 11.6 Å². The zero-order chi connectivity index (χ0) is 17.0. The van der Waals surface area contributed by atoms with Gasteiger partial charge in [-0.15, -0.1) is 0 Å². The molecular weight excluding hydrogens is 322 g/mol. The van der Waals surface area contributed by atoms with E-state index in [0.29, 0.717) is 19.4 Å². The van der Waals surface area contributed by atoms with E-state index in [1.54, 1.807) is 12.1 Å². The van der Waals surface area contributed by atoms with Gasteiger partial charge in [-0.1, -0.05) is 48.4 Å². The van der Waals surface area contributed by atoms with Gasteiger partial charge in [-0.05, 0) is 48.6 Å². The molecule has 126 valence electrons. The monoisotopic (exact) mass is 343 g/mol. The number of phenolic OH excluding ortho intramolecular Hbond substituents is 1. The fourth-order valence-corrected chi connectivity index (χ4v) is 3.43. The molecule has 0 saturated heterocycles. The third kappa shape index (κ3) is 3.73. The van der Waals surface area contributed by atoms with Crippen molar-refractivity contribution in [2.24, 2.45) is 0 Å². The summed E-state index contributed by atoms with van der Waals surface area (Å²) in [5.74, 6) is 0.278. The lowest BCUT2D eigenvalue weighted by Crippen LogP contribution is -2.45. The van der Waals surface area contributed by atoms with Crippen molar-refractivity contribution in [1.29, 1.82) is 0 Å². The van der Waals surface area contributed by atoms with E-state index in [2.05, 4.69) is 17.4 Å². The molecule has 0 spiro atoms. The zero-order valence-corrected chi connectivity index (χ0v) is 14.4. The van der Waals surface area contributed by atoms with Crippen molar-refractivity contribution >= 4 is 17.5 Å². The van der Waals surface area contributed by atoms with Crippen molar-refractivity contribution in [1.82, 2.24) is 5.32 Å². The maximum Gasteiger partial charge on any atom is 0.220 e. The molecule has 0 unspecified atom stereocenters. The average Bonchev–Trinajstić information content (AvgIpc) is 2.54. The molecule has 0 atom stereocenters. The van der Waals surface area contributed by atoms with Crippen LogP contribution in [0.5, 0.6) is 5.75 Å². The Morgan fingerprint density at radius 2 is 1.83 bits per heavy atom. The number of rotatable bonds is 6. The van der Waals surface area contributed by atoms with Crippen molar-refractivity contribution in [2.75, 3.05) is 6.54 Å². The summed E-state index contributed by atoms with van der Waals surface area (Å²) in [6.45, 7) is 0.661. The van der Waals surface area contributed by atoms with E-state index in [0.717, 1.165) is 23.4 Å². The van der Waals surface area contributed by atoms with Crippen LogP contribution in [0.3, 0.4) is 0 Å². The molecule has 1 saturated carbocycles. The Kier molecular flexibility index (Phi) is 5.10. The fourth-order valence-electron chi connectivity index (χ4n) is 3.30. The topological polar surface area (TPSA) is 49.3 Å². The summed E-state index contributed by atoms with van der Waals surface area (Å²) in [7, 11) is 0. The minimum absolute atomic E-state index is 0.0264. The number of amides is 1. The van der Waals surface area contributed by atoms with Crippen molar-refractivity contribution in [3.8, 4) is 5.75 Å². The predicted octanol–water partition coefficient (Wildman–Crippen LogP) is 4.22. The number of carbonyl (C=O) groups excluding carboxylic acids is 1. The van der Waals surface area contributed by atoms with Gasteiger partial charge < -0.3 is 10.4 Å². The van der Waals surface area contributed by atoms with Gasteiger partial charge in [0.1, 0.15) is 5.75 Å². The van der Waals surface area contributed by atoms with Crippen LogP contribution in [-0.4, -0.2) is 17.6 Å². The Bertz CT molecular complexity index is 708. The molecule has 1 fully saturated rings. The number of phenols is 1. The highest BCUT2D eigenvalue weighted by Gasteiger charge is 2.38. The van der Waals surface area contributed by atoms with Crippen LogP contribution in [0.25, 0.3) is 0 Å². The molecule has 0 aliphatic heterocycles. The highest BCUT2D eigenvalue weighted by molar-refractivity contribution is 6.30. The summed E-state index contributed by atoms with van der Waals surface area (Å²) in [5, 5.41) is 13.6. The number of hydrogen-bond donors (Lipinski definition) is 2. The molecule has 0 aromatic heterocycles. The summed E-state index contributed by atoms with van der Waals surface area (Å²) in [4.78, 5) is 12.2. The number of nitrogens with one attached hydrogen (secondary N) is 1. The summed E-state index contributed by atoms with van der Waals surface area (Å²) in [6, 6.07) is 15.1. The number of aromatic hydroxyl groups is 1. The minimum Gasteiger partial charge on any atom is -0.508 e. The predicted molar refractivity (Wildman–Crippen MR) is 96.4 cm³/mol. The van der Waals surface area contributed by atoms with Crippen LogP contribution < -0.4 is 5.32 Å². The van der Waals surface area contributed by atoms with E-state index in [-0.39, 0.29) is 17.1 Å². The Hall–Kier alpha value is -2.00. The molecule has 0 heterocycles. The Morgan fingerprint density at radius 1 is 1.12 bits per heavy atom. The standard InChI is InChI=1S/C20H22ClNO2/c21-17-9-7-16(8-10-17)20(12-3-13-20)14-22-19(24)11-6-15-4-1-2-5-18(15)23/h1-2,4-5,7-10,23H,3,6,11-14H2,(H,22,24). The first-order chi connectivity index (χ1) is 11.6. The molecule has 0 bridgehead atoms. The van der Waals surface area contributed by atoms with Gasteiger partial charge in [0.05, 0.1) is 0 Å². The van der Waals surface area contributed by atoms with E-state index in [1.165, 1.54) is 12.0 Å². The summed E-state index contributed by atoms with van der Waals surface area (Å²) < 4.78 is 0. The van der Waals surface area contributed by atoms with Crippen LogP contribution in [0.1, 0.15) is 36.8 Å². The van der Waals surface area contributed by atoms with Gasteiger partial charge in [-0.3, -0.25) is 4.79 Å². The molecule has 3 rings (SSSR count). The highest BCUT2D eigenvalue weighted by Crippen LogP contribution is 2.43. The quantitative estimate of drug-likeness (QED) is 0.825. The van der Waals surface area contributed by atoms with Gasteiger partial charge in [0.25, 0.3) is 0 Å². The normalized spacial score (nSPS) is 15.5. The maximum absolute atomic E-state index is 12.2. The number of aryl methyl sites for hydroxylation is 1. The molecule has 24 heavy (non-hydrogen) atoms. The summed E-state index contributed by atoms with van der Waals surface area (Å²) in [5.41, 5.74) is 2.11. The second-order valence-electron chi connectivity index (χ2n) is 6.55. The molecular formula is C20H22ClNO2. The van der Waals surface area contributed by atoms with Gasteiger partial charge in [0, 0.05) is 23.4 Å². The summed E-state index contributed by atoms with van der Waals surface area (Å²) in [6.07, 6.45) is 4.31. The number of benzene rings is 2. The molecule has 2 aromatic carbocycles. The second-order valence-corrected chi connectivity index (χ2v) is 6.98. The zero-order valence-electron chi connectivity index (χ0n) is 13.6. The Morgan fingerprint density at radius 3 is 2.46 bits per heavy atom. The lowest BCUT2D eigenvalue weighted by Gasteiger charge is -2.42. The van der Waals surface area contributed by atoms with Crippen LogP contribution in [0.15, 0.2) is 48.5 Å². The molecule has 1 aliphatic carbocycles. The third-order valence-electron chi connectivity index (χ3n) is 5.00. The van der Waals surface area contributed by atoms with Crippen LogP contribution in [0.4, 0.5) is 0 Å². The molecule has 1 aliphatic rings. The average molecular weight is 344 g/mol. The minimum atomic E-state index is 0.0264. The molecule has 2 N–H and O–H groups in total.